The molecule has 2 aromatic heterocycles. The van der Waals surface area contributed by atoms with Crippen LogP contribution in [0.5, 0.6) is 0 Å². The van der Waals surface area contributed by atoms with E-state index in [1.807, 2.05) is 40.6 Å². The predicted molar refractivity (Wildman–Crippen MR) is 96.2 cm³/mol. The molecule has 0 aliphatic carbocycles. The van der Waals surface area contributed by atoms with Crippen LogP contribution in [0.3, 0.4) is 0 Å². The zero-order chi connectivity index (χ0) is 17.3. The molecule has 24 heavy (non-hydrogen) atoms. The summed E-state index contributed by atoms with van der Waals surface area (Å²) in [5.41, 5.74) is 2.71. The first kappa shape index (κ1) is 17.1. The van der Waals surface area contributed by atoms with E-state index in [1.165, 1.54) is 0 Å². The number of nitrogens with zero attached hydrogens (tertiary/aromatic N) is 3. The SMILES string of the molecule is Cc1cccc2nc(C[S@](=O)[C@@H](C)C(=O)N3CCC(C)CC3)cn12. The molecule has 5 nitrogen and oxygen atoms in total. The third-order valence-corrected chi connectivity index (χ3v) is 6.44. The number of carbonyl (C=O) groups excluding carboxylic acids is 1. The van der Waals surface area contributed by atoms with Crippen molar-refractivity contribution < 1.29 is 9.00 Å². The van der Waals surface area contributed by atoms with Crippen LogP contribution in [0.4, 0.5) is 0 Å². The van der Waals surface area contributed by atoms with Gasteiger partial charge in [0, 0.05) is 35.8 Å². The Bertz CT molecular complexity index is 763. The number of amides is 1. The van der Waals surface area contributed by atoms with Crippen molar-refractivity contribution in [2.75, 3.05) is 13.1 Å². The van der Waals surface area contributed by atoms with Gasteiger partial charge >= 0.3 is 0 Å². The Kier molecular flexibility index (Phi) is 5.04. The normalized spacial score (nSPS) is 18.7. The Labute approximate surface area is 145 Å². The molecular formula is C18H25N3O2S. The molecule has 0 saturated carbocycles. The first-order valence-corrected chi connectivity index (χ1v) is 9.93. The Hall–Kier alpha value is -1.69. The van der Waals surface area contributed by atoms with E-state index in [4.69, 9.17) is 0 Å². The largest absolute Gasteiger partial charge is 0.342 e. The van der Waals surface area contributed by atoms with Crippen molar-refractivity contribution >= 4 is 22.4 Å². The van der Waals surface area contributed by atoms with E-state index in [1.54, 1.807) is 6.92 Å². The first-order valence-electron chi connectivity index (χ1n) is 8.55. The molecular weight excluding hydrogens is 322 g/mol. The lowest BCUT2D eigenvalue weighted by molar-refractivity contribution is -0.131. The second-order valence-corrected chi connectivity index (χ2v) is 8.56. The fraction of sp³-hybridized carbons (Fsp3) is 0.556. The number of aryl methyl sites for hydroxylation is 1. The first-order chi connectivity index (χ1) is 11.5. The van der Waals surface area contributed by atoms with Gasteiger partial charge in [-0.1, -0.05) is 13.0 Å². The molecule has 3 heterocycles. The summed E-state index contributed by atoms with van der Waals surface area (Å²) in [7, 11) is -1.26. The van der Waals surface area contributed by atoms with Crippen molar-refractivity contribution in [3.8, 4) is 0 Å². The number of hydrogen-bond acceptors (Lipinski definition) is 3. The molecule has 130 valence electrons. The van der Waals surface area contributed by atoms with Crippen molar-refractivity contribution in [2.24, 2.45) is 5.92 Å². The Morgan fingerprint density at radius 2 is 2.08 bits per heavy atom. The molecule has 2 atom stereocenters. The fourth-order valence-corrected chi connectivity index (χ4v) is 4.19. The van der Waals surface area contributed by atoms with E-state index in [0.29, 0.717) is 11.7 Å². The Morgan fingerprint density at radius 1 is 1.38 bits per heavy atom. The van der Waals surface area contributed by atoms with Gasteiger partial charge in [0.15, 0.2) is 0 Å². The highest BCUT2D eigenvalue weighted by atomic mass is 32.2. The maximum absolute atomic E-state index is 12.6. The van der Waals surface area contributed by atoms with Gasteiger partial charge in [0.2, 0.25) is 5.91 Å². The highest BCUT2D eigenvalue weighted by molar-refractivity contribution is 7.85. The predicted octanol–water partition coefficient (Wildman–Crippen LogP) is 2.54. The zero-order valence-electron chi connectivity index (χ0n) is 14.6. The van der Waals surface area contributed by atoms with Crippen molar-refractivity contribution in [1.82, 2.24) is 14.3 Å². The molecule has 0 N–H and O–H groups in total. The molecule has 6 heteroatoms. The summed E-state index contributed by atoms with van der Waals surface area (Å²) in [6.07, 6.45) is 4.00. The smallest absolute Gasteiger partial charge is 0.238 e. The molecule has 0 bridgehead atoms. The van der Waals surface area contributed by atoms with E-state index in [9.17, 15) is 9.00 Å². The van der Waals surface area contributed by atoms with Gasteiger partial charge in [-0.15, -0.1) is 0 Å². The Morgan fingerprint density at radius 3 is 2.75 bits per heavy atom. The van der Waals surface area contributed by atoms with Gasteiger partial charge in [-0.2, -0.15) is 0 Å². The van der Waals surface area contributed by atoms with Crippen LogP contribution in [0.2, 0.25) is 0 Å². The summed E-state index contributed by atoms with van der Waals surface area (Å²) in [6.45, 7) is 7.58. The molecule has 1 aliphatic heterocycles. The van der Waals surface area contributed by atoms with Gasteiger partial charge in [0.1, 0.15) is 10.9 Å². The van der Waals surface area contributed by atoms with Crippen LogP contribution in [0.1, 0.15) is 38.1 Å². The quantitative estimate of drug-likeness (QED) is 0.854. The second kappa shape index (κ2) is 7.05. The van der Waals surface area contributed by atoms with Gasteiger partial charge < -0.3 is 9.30 Å². The third kappa shape index (κ3) is 3.53. The number of fused-ring (bicyclic) bond motifs is 1. The number of rotatable bonds is 4. The summed E-state index contributed by atoms with van der Waals surface area (Å²) in [4.78, 5) is 19.0. The average molecular weight is 347 g/mol. The molecule has 1 amide bonds. The number of hydrogen-bond donors (Lipinski definition) is 0. The van der Waals surface area contributed by atoms with E-state index in [-0.39, 0.29) is 5.91 Å². The average Bonchev–Trinajstić information content (AvgIpc) is 2.98. The molecule has 1 aliphatic rings. The minimum Gasteiger partial charge on any atom is -0.342 e. The number of aromatic nitrogens is 2. The van der Waals surface area contributed by atoms with Gasteiger partial charge in [-0.25, -0.2) is 4.98 Å². The van der Waals surface area contributed by atoms with Crippen LogP contribution in [0.25, 0.3) is 5.65 Å². The summed E-state index contributed by atoms with van der Waals surface area (Å²) < 4.78 is 14.6. The molecule has 0 unspecified atom stereocenters. The van der Waals surface area contributed by atoms with E-state index in [2.05, 4.69) is 11.9 Å². The topological polar surface area (TPSA) is 54.7 Å². The fourth-order valence-electron chi connectivity index (χ4n) is 3.14. The van der Waals surface area contributed by atoms with Gasteiger partial charge in [0.25, 0.3) is 0 Å². The van der Waals surface area contributed by atoms with Crippen molar-refractivity contribution in [1.29, 1.82) is 0 Å². The minimum absolute atomic E-state index is 0.0141. The maximum Gasteiger partial charge on any atom is 0.238 e. The van der Waals surface area contributed by atoms with E-state index >= 15 is 0 Å². The molecule has 0 spiro atoms. The van der Waals surface area contributed by atoms with E-state index < -0.39 is 16.0 Å². The van der Waals surface area contributed by atoms with Crippen LogP contribution in [-0.4, -0.2) is 42.7 Å². The molecule has 2 aromatic rings. The molecule has 0 radical (unpaired) electrons. The standard InChI is InChI=1S/C18H25N3O2S/c1-13-7-9-20(10-8-13)18(22)15(3)24(23)12-16-11-21-14(2)5-4-6-17(21)19-16/h4-6,11,13,15H,7-10,12H2,1-3H3/t15-,24-/m0/s1. The summed E-state index contributed by atoms with van der Waals surface area (Å²) >= 11 is 0. The summed E-state index contributed by atoms with van der Waals surface area (Å²) in [6, 6.07) is 5.91. The van der Waals surface area contributed by atoms with Crippen LogP contribution < -0.4 is 0 Å². The van der Waals surface area contributed by atoms with Gasteiger partial charge in [-0.3, -0.25) is 9.00 Å². The van der Waals surface area contributed by atoms with E-state index in [0.717, 1.165) is 43.0 Å². The lowest BCUT2D eigenvalue weighted by Crippen LogP contribution is -2.44. The van der Waals surface area contributed by atoms with Crippen LogP contribution in [0.15, 0.2) is 24.4 Å². The maximum atomic E-state index is 12.6. The zero-order valence-corrected chi connectivity index (χ0v) is 15.4. The number of pyridine rings is 1. The lowest BCUT2D eigenvalue weighted by atomic mass is 9.99. The number of imidazole rings is 1. The van der Waals surface area contributed by atoms with Crippen molar-refractivity contribution in [3.63, 3.8) is 0 Å². The third-order valence-electron chi connectivity index (χ3n) is 4.87. The molecule has 1 saturated heterocycles. The van der Waals surface area contributed by atoms with Crippen molar-refractivity contribution in [2.45, 2.75) is 44.6 Å². The lowest BCUT2D eigenvalue weighted by Gasteiger charge is -2.31. The highest BCUT2D eigenvalue weighted by Gasteiger charge is 2.28. The minimum atomic E-state index is -1.26. The number of piperidine rings is 1. The number of carbonyl (C=O) groups is 1. The number of likely N-dealkylation sites (tertiary alicyclic amines) is 1. The van der Waals surface area contributed by atoms with Crippen LogP contribution in [0, 0.1) is 12.8 Å². The second-order valence-electron chi connectivity index (χ2n) is 6.80. The highest BCUT2D eigenvalue weighted by Crippen LogP contribution is 2.18. The molecule has 3 rings (SSSR count). The van der Waals surface area contributed by atoms with Gasteiger partial charge in [0.05, 0.1) is 11.4 Å². The Balaban J connectivity index is 1.66. The summed E-state index contributed by atoms with van der Waals surface area (Å²) in [5, 5.41) is -0.482. The molecule has 1 fully saturated rings. The monoisotopic (exact) mass is 347 g/mol. The van der Waals surface area contributed by atoms with Crippen LogP contribution >= 0.6 is 0 Å². The van der Waals surface area contributed by atoms with Crippen molar-refractivity contribution in [3.05, 3.63) is 35.8 Å². The van der Waals surface area contributed by atoms with Gasteiger partial charge in [-0.05, 0) is 44.7 Å². The molecule has 0 aromatic carbocycles. The summed E-state index contributed by atoms with van der Waals surface area (Å²) in [5.74, 6) is 1.01. The van der Waals surface area contributed by atoms with Crippen LogP contribution in [-0.2, 0) is 21.3 Å².